The van der Waals surface area contributed by atoms with Crippen molar-refractivity contribution < 1.29 is 14.3 Å². The number of aromatic nitrogens is 2. The molecular formula is C36H48N4O3S. The van der Waals surface area contributed by atoms with Crippen LogP contribution in [0.15, 0.2) is 47.4 Å². The van der Waals surface area contributed by atoms with E-state index in [1.165, 1.54) is 16.7 Å². The third kappa shape index (κ3) is 7.87. The van der Waals surface area contributed by atoms with Crippen LogP contribution in [0.3, 0.4) is 0 Å². The van der Waals surface area contributed by atoms with Gasteiger partial charge >= 0.3 is 6.09 Å². The van der Waals surface area contributed by atoms with Crippen LogP contribution in [0.5, 0.6) is 5.88 Å². The van der Waals surface area contributed by atoms with Gasteiger partial charge in [0.1, 0.15) is 0 Å². The molecule has 0 radical (unpaired) electrons. The first-order chi connectivity index (χ1) is 21.1. The zero-order valence-corrected chi connectivity index (χ0v) is 28.1. The number of amides is 1. The van der Waals surface area contributed by atoms with Crippen molar-refractivity contribution in [3.63, 3.8) is 0 Å². The third-order valence-electron chi connectivity index (χ3n) is 8.93. The maximum Gasteiger partial charge on any atom is 0.407 e. The fraction of sp³-hybridized carbons (Fsp3) is 0.528. The number of fused-ring (bicyclic) bond motifs is 4. The highest BCUT2D eigenvalue weighted by Crippen LogP contribution is 2.41. The van der Waals surface area contributed by atoms with Crippen LogP contribution in [-0.2, 0) is 4.74 Å². The maximum absolute atomic E-state index is 12.1. The highest BCUT2D eigenvalue weighted by atomic mass is 32.2. The average molecular weight is 617 g/mol. The molecule has 1 fully saturated rings. The molecule has 2 aromatic carbocycles. The van der Waals surface area contributed by atoms with E-state index < -0.39 is 0 Å². The number of carbonyl (C=O) groups excluding carboxylic acids is 1. The van der Waals surface area contributed by atoms with Crippen molar-refractivity contribution in [1.29, 1.82) is 0 Å². The van der Waals surface area contributed by atoms with Crippen LogP contribution in [0.2, 0.25) is 0 Å². The Labute approximate surface area is 267 Å². The lowest BCUT2D eigenvalue weighted by molar-refractivity contribution is 0.0992. The quantitative estimate of drug-likeness (QED) is 0.244. The number of benzene rings is 2. The van der Waals surface area contributed by atoms with E-state index >= 15 is 0 Å². The van der Waals surface area contributed by atoms with Crippen LogP contribution < -0.4 is 14.8 Å². The minimum Gasteiger partial charge on any atom is -0.477 e. The second kappa shape index (κ2) is 14.2. The van der Waals surface area contributed by atoms with E-state index in [9.17, 15) is 4.79 Å². The topological polar surface area (TPSA) is 85.4 Å². The number of ether oxygens (including phenoxy) is 2. The van der Waals surface area contributed by atoms with Gasteiger partial charge in [-0.05, 0) is 125 Å². The van der Waals surface area contributed by atoms with Crippen LogP contribution in [0.4, 0.5) is 10.7 Å². The standard InChI is InChI=1S/C36H48N4O3S/c1-21(2)16-28-20-42-34-25(7)33(32-23(5)10-8-11-24(32)6)38-35(39-34)40-44-30-13-9-12-27(19-30)31(28)15-14-26-17-29(18-26)37-36(41)43-22(3)4/h8-13,19,21-22,26,28-29,31H,14-18,20H2,1-7H3,(H,37,41)(H,38,39,40). The summed E-state index contributed by atoms with van der Waals surface area (Å²) in [7, 11) is 0. The number of carbonyl (C=O) groups is 1. The van der Waals surface area contributed by atoms with Crippen molar-refractivity contribution in [2.75, 3.05) is 11.3 Å². The van der Waals surface area contributed by atoms with E-state index in [4.69, 9.17) is 19.4 Å². The lowest BCUT2D eigenvalue weighted by Gasteiger charge is -2.37. The zero-order valence-electron chi connectivity index (χ0n) is 27.3. The van der Waals surface area contributed by atoms with Gasteiger partial charge in [-0.1, -0.05) is 44.2 Å². The summed E-state index contributed by atoms with van der Waals surface area (Å²) >= 11 is 1.55. The van der Waals surface area contributed by atoms with Crippen molar-refractivity contribution in [2.24, 2.45) is 17.8 Å². The zero-order chi connectivity index (χ0) is 31.4. The molecule has 1 aromatic heterocycles. The summed E-state index contributed by atoms with van der Waals surface area (Å²) < 4.78 is 15.4. The molecule has 5 rings (SSSR count). The normalized spacial score (nSPS) is 21.4. The third-order valence-corrected chi connectivity index (χ3v) is 9.70. The minimum absolute atomic E-state index is 0.105. The van der Waals surface area contributed by atoms with E-state index in [0.717, 1.165) is 53.8 Å². The number of nitrogens with zero attached hydrogens (tertiary/aromatic N) is 2. The van der Waals surface area contributed by atoms with Gasteiger partial charge in [-0.15, -0.1) is 0 Å². The lowest BCUT2D eigenvalue weighted by atomic mass is 9.72. The molecule has 4 bridgehead atoms. The molecule has 44 heavy (non-hydrogen) atoms. The van der Waals surface area contributed by atoms with Crippen LogP contribution in [0, 0.1) is 38.5 Å². The van der Waals surface area contributed by atoms with Crippen LogP contribution in [0.25, 0.3) is 11.3 Å². The number of hydrogen-bond donors (Lipinski definition) is 2. The molecule has 2 atom stereocenters. The van der Waals surface area contributed by atoms with Crippen molar-refractivity contribution in [1.82, 2.24) is 15.3 Å². The number of anilines is 1. The summed E-state index contributed by atoms with van der Waals surface area (Å²) in [5.74, 6) is 3.04. The van der Waals surface area contributed by atoms with E-state index in [1.807, 2.05) is 13.8 Å². The first-order valence-electron chi connectivity index (χ1n) is 16.1. The Balaban J connectivity index is 1.40. The number of alkyl carbamates (subject to hydrolysis) is 1. The smallest absolute Gasteiger partial charge is 0.407 e. The van der Waals surface area contributed by atoms with Gasteiger partial charge < -0.3 is 14.8 Å². The molecule has 0 saturated heterocycles. The van der Waals surface area contributed by atoms with E-state index in [2.05, 4.69) is 87.1 Å². The Morgan fingerprint density at radius 2 is 1.77 bits per heavy atom. The largest absolute Gasteiger partial charge is 0.477 e. The fourth-order valence-corrected chi connectivity index (χ4v) is 7.40. The Kier molecular flexibility index (Phi) is 10.4. The maximum atomic E-state index is 12.1. The molecule has 8 heteroatoms. The SMILES string of the molecule is Cc1cccc(C)c1-c1nc2nc(c1C)OCC(CC(C)C)C(CCC1CC(NC(=O)OC(C)C)C1)c1cccc(c1)SN2. The number of aryl methyl sites for hydroxylation is 2. The van der Waals surface area contributed by atoms with Crippen molar-refractivity contribution >= 4 is 24.0 Å². The molecule has 236 valence electrons. The van der Waals surface area contributed by atoms with Gasteiger partial charge in [-0.3, -0.25) is 4.72 Å². The summed E-state index contributed by atoms with van der Waals surface area (Å²) in [5, 5.41) is 3.03. The molecule has 1 aliphatic carbocycles. The fourth-order valence-electron chi connectivity index (χ4n) is 6.76. The summed E-state index contributed by atoms with van der Waals surface area (Å²) in [4.78, 5) is 23.1. The van der Waals surface area contributed by atoms with Crippen LogP contribution >= 0.6 is 11.9 Å². The Hall–Kier alpha value is -3.26. The predicted octanol–water partition coefficient (Wildman–Crippen LogP) is 9.02. The van der Waals surface area contributed by atoms with E-state index in [-0.39, 0.29) is 18.2 Å². The first-order valence-corrected chi connectivity index (χ1v) is 17.0. The van der Waals surface area contributed by atoms with E-state index in [0.29, 0.717) is 42.1 Å². The summed E-state index contributed by atoms with van der Waals surface area (Å²) in [5.41, 5.74) is 6.76. The Bertz CT molecular complexity index is 1430. The molecule has 0 spiro atoms. The molecule has 1 aliphatic heterocycles. The molecule has 2 heterocycles. The van der Waals surface area contributed by atoms with Gasteiger partial charge in [0.25, 0.3) is 0 Å². The van der Waals surface area contributed by atoms with Gasteiger partial charge in [0, 0.05) is 28.0 Å². The van der Waals surface area contributed by atoms with Crippen molar-refractivity contribution in [2.45, 2.75) is 104 Å². The van der Waals surface area contributed by atoms with Gasteiger partial charge in [-0.25, -0.2) is 9.78 Å². The molecule has 2 N–H and O–H groups in total. The molecule has 2 aliphatic rings. The Morgan fingerprint density at radius 1 is 1.05 bits per heavy atom. The Morgan fingerprint density at radius 3 is 2.48 bits per heavy atom. The highest BCUT2D eigenvalue weighted by molar-refractivity contribution is 8.00. The molecule has 1 amide bonds. The molecule has 1 saturated carbocycles. The summed E-state index contributed by atoms with van der Waals surface area (Å²) in [6, 6.07) is 15.5. The lowest BCUT2D eigenvalue weighted by Crippen LogP contribution is -2.45. The summed E-state index contributed by atoms with van der Waals surface area (Å²) in [6.07, 6.45) is 4.88. The van der Waals surface area contributed by atoms with Gasteiger partial charge in [-0.2, -0.15) is 4.98 Å². The second-order valence-electron chi connectivity index (χ2n) is 13.4. The van der Waals surface area contributed by atoms with E-state index in [1.54, 1.807) is 11.9 Å². The molecular weight excluding hydrogens is 568 g/mol. The van der Waals surface area contributed by atoms with Crippen LogP contribution in [0.1, 0.15) is 88.0 Å². The van der Waals surface area contributed by atoms with Crippen LogP contribution in [-0.4, -0.2) is 34.8 Å². The second-order valence-corrected chi connectivity index (χ2v) is 14.3. The highest BCUT2D eigenvalue weighted by Gasteiger charge is 2.33. The van der Waals surface area contributed by atoms with Gasteiger partial charge in [0.15, 0.2) is 0 Å². The first kappa shape index (κ1) is 32.1. The van der Waals surface area contributed by atoms with Crippen molar-refractivity contribution in [3.05, 3.63) is 64.7 Å². The molecule has 3 aromatic rings. The van der Waals surface area contributed by atoms with Crippen molar-refractivity contribution in [3.8, 4) is 17.1 Å². The molecule has 2 unspecified atom stereocenters. The van der Waals surface area contributed by atoms with Gasteiger partial charge in [0.2, 0.25) is 11.8 Å². The predicted molar refractivity (Wildman–Crippen MR) is 179 cm³/mol. The molecule has 7 nitrogen and oxygen atoms in total. The number of rotatable bonds is 8. The van der Waals surface area contributed by atoms with Gasteiger partial charge in [0.05, 0.1) is 18.4 Å². The number of nitrogens with one attached hydrogen (secondary N) is 2. The average Bonchev–Trinajstić information content (AvgIpc) is 2.93. The number of hydrogen-bond acceptors (Lipinski definition) is 7. The summed E-state index contributed by atoms with van der Waals surface area (Å²) in [6.45, 7) is 15.3. The minimum atomic E-state index is -0.302. The monoisotopic (exact) mass is 616 g/mol.